The topological polar surface area (TPSA) is 41.6 Å². The number of benzene rings is 3. The highest BCUT2D eigenvalue weighted by molar-refractivity contribution is 6.31. The van der Waals surface area contributed by atoms with Gasteiger partial charge in [-0.2, -0.15) is 0 Å². The molecule has 0 saturated heterocycles. The van der Waals surface area contributed by atoms with Gasteiger partial charge in [-0.25, -0.2) is 0 Å². The number of ether oxygens (including phenoxy) is 1. The number of halogens is 1. The SMILES string of the molecule is O=C(C[C@@H]1COc2ccc(Cl)cc2N1Cc1ccccc1)NCCCc1ccccc1. The lowest BCUT2D eigenvalue weighted by Crippen LogP contribution is -2.45. The van der Waals surface area contributed by atoms with Crippen LogP contribution in [0.25, 0.3) is 0 Å². The van der Waals surface area contributed by atoms with Gasteiger partial charge in [0.25, 0.3) is 0 Å². The predicted octanol–water partition coefficient (Wildman–Crippen LogP) is 5.25. The summed E-state index contributed by atoms with van der Waals surface area (Å²) in [4.78, 5) is 14.9. The summed E-state index contributed by atoms with van der Waals surface area (Å²) < 4.78 is 5.96. The Morgan fingerprint density at radius 3 is 2.45 bits per heavy atom. The maximum absolute atomic E-state index is 12.7. The molecule has 1 aliphatic rings. The summed E-state index contributed by atoms with van der Waals surface area (Å²) in [7, 11) is 0. The predicted molar refractivity (Wildman–Crippen MR) is 126 cm³/mol. The Labute approximate surface area is 188 Å². The lowest BCUT2D eigenvalue weighted by atomic mass is 10.1. The van der Waals surface area contributed by atoms with E-state index in [2.05, 4.69) is 34.5 Å². The zero-order valence-corrected chi connectivity index (χ0v) is 18.2. The number of aryl methyl sites for hydroxylation is 1. The average Bonchev–Trinajstić information content (AvgIpc) is 2.80. The summed E-state index contributed by atoms with van der Waals surface area (Å²) in [5.41, 5.74) is 3.41. The highest BCUT2D eigenvalue weighted by Crippen LogP contribution is 2.37. The van der Waals surface area contributed by atoms with Gasteiger partial charge in [-0.05, 0) is 42.2 Å². The minimum Gasteiger partial charge on any atom is -0.489 e. The maximum atomic E-state index is 12.7. The third-order valence-corrected chi connectivity index (χ3v) is 5.76. The standard InChI is InChI=1S/C26H27ClN2O2/c27-22-13-14-25-24(16-22)29(18-21-10-5-2-6-11-21)23(19-31-25)17-26(30)28-15-7-12-20-8-3-1-4-9-20/h1-6,8-11,13-14,16,23H,7,12,15,17-19H2,(H,28,30)/t23-/m1/s1. The van der Waals surface area contributed by atoms with Gasteiger partial charge in [0.2, 0.25) is 5.91 Å². The molecule has 0 bridgehead atoms. The first-order chi connectivity index (χ1) is 15.2. The summed E-state index contributed by atoms with van der Waals surface area (Å²) in [5.74, 6) is 0.852. The van der Waals surface area contributed by atoms with Crippen LogP contribution < -0.4 is 15.0 Å². The third-order valence-electron chi connectivity index (χ3n) is 5.53. The molecule has 0 saturated carbocycles. The summed E-state index contributed by atoms with van der Waals surface area (Å²) in [5, 5.41) is 3.73. The molecule has 0 radical (unpaired) electrons. The Hall–Kier alpha value is -2.98. The van der Waals surface area contributed by atoms with E-state index < -0.39 is 0 Å². The lowest BCUT2D eigenvalue weighted by Gasteiger charge is -2.38. The lowest BCUT2D eigenvalue weighted by molar-refractivity contribution is -0.121. The number of nitrogens with one attached hydrogen (secondary N) is 1. The van der Waals surface area contributed by atoms with Crippen molar-refractivity contribution in [2.24, 2.45) is 0 Å². The number of fused-ring (bicyclic) bond motifs is 1. The largest absolute Gasteiger partial charge is 0.489 e. The maximum Gasteiger partial charge on any atom is 0.222 e. The first-order valence-corrected chi connectivity index (χ1v) is 11.1. The van der Waals surface area contributed by atoms with Crippen LogP contribution in [0.15, 0.2) is 78.9 Å². The van der Waals surface area contributed by atoms with Crippen LogP contribution in [0, 0.1) is 0 Å². The van der Waals surface area contributed by atoms with Gasteiger partial charge in [0.05, 0.1) is 18.2 Å². The van der Waals surface area contributed by atoms with E-state index in [1.165, 1.54) is 11.1 Å². The van der Waals surface area contributed by atoms with Crippen LogP contribution in [0.2, 0.25) is 5.02 Å². The molecule has 0 aromatic heterocycles. The molecule has 0 aliphatic carbocycles. The summed E-state index contributed by atoms with van der Waals surface area (Å²) in [6.45, 7) is 1.84. The summed E-state index contributed by atoms with van der Waals surface area (Å²) in [6.07, 6.45) is 2.26. The van der Waals surface area contributed by atoms with Crippen molar-refractivity contribution in [3.05, 3.63) is 95.0 Å². The van der Waals surface area contributed by atoms with Crippen molar-refractivity contribution in [2.75, 3.05) is 18.1 Å². The van der Waals surface area contributed by atoms with E-state index in [1.807, 2.05) is 54.6 Å². The van der Waals surface area contributed by atoms with Gasteiger partial charge in [-0.3, -0.25) is 4.79 Å². The van der Waals surface area contributed by atoms with Crippen molar-refractivity contribution in [3.8, 4) is 5.75 Å². The van der Waals surface area contributed by atoms with Crippen LogP contribution in [0.4, 0.5) is 5.69 Å². The molecule has 1 atom stereocenters. The van der Waals surface area contributed by atoms with Gasteiger partial charge >= 0.3 is 0 Å². The van der Waals surface area contributed by atoms with Crippen LogP contribution in [0.5, 0.6) is 5.75 Å². The first-order valence-electron chi connectivity index (χ1n) is 10.7. The molecular formula is C26H27ClN2O2. The van der Waals surface area contributed by atoms with Gasteiger partial charge in [0.1, 0.15) is 12.4 Å². The van der Waals surface area contributed by atoms with Crippen molar-refractivity contribution in [1.82, 2.24) is 5.32 Å². The monoisotopic (exact) mass is 434 g/mol. The third kappa shape index (κ3) is 5.80. The Balaban J connectivity index is 1.39. The molecule has 0 fully saturated rings. The minimum atomic E-state index is -0.0553. The van der Waals surface area contributed by atoms with E-state index in [1.54, 1.807) is 0 Å². The van der Waals surface area contributed by atoms with Gasteiger partial charge in [-0.15, -0.1) is 0 Å². The molecule has 1 aliphatic heterocycles. The van der Waals surface area contributed by atoms with E-state index in [0.29, 0.717) is 31.1 Å². The van der Waals surface area contributed by atoms with Gasteiger partial charge in [-0.1, -0.05) is 72.3 Å². The highest BCUT2D eigenvalue weighted by Gasteiger charge is 2.29. The van der Waals surface area contributed by atoms with E-state index >= 15 is 0 Å². The van der Waals surface area contributed by atoms with Gasteiger partial charge < -0.3 is 15.0 Å². The molecule has 31 heavy (non-hydrogen) atoms. The van der Waals surface area contributed by atoms with Crippen LogP contribution in [0.3, 0.4) is 0 Å². The fraction of sp³-hybridized carbons (Fsp3) is 0.269. The molecule has 160 valence electrons. The molecule has 3 aromatic carbocycles. The van der Waals surface area contributed by atoms with Crippen molar-refractivity contribution in [3.63, 3.8) is 0 Å². The number of carbonyl (C=O) groups excluding carboxylic acids is 1. The molecule has 0 unspecified atom stereocenters. The molecule has 1 heterocycles. The number of anilines is 1. The second-order valence-corrected chi connectivity index (χ2v) is 8.27. The molecule has 1 amide bonds. The average molecular weight is 435 g/mol. The number of amides is 1. The number of nitrogens with zero attached hydrogens (tertiary/aromatic N) is 1. The molecule has 5 heteroatoms. The smallest absolute Gasteiger partial charge is 0.222 e. The normalized spacial score (nSPS) is 15.1. The van der Waals surface area contributed by atoms with Crippen LogP contribution in [-0.4, -0.2) is 25.1 Å². The molecule has 3 aromatic rings. The fourth-order valence-corrected chi connectivity index (χ4v) is 4.09. The van der Waals surface area contributed by atoms with Crippen LogP contribution >= 0.6 is 11.6 Å². The van der Waals surface area contributed by atoms with Crippen molar-refractivity contribution < 1.29 is 9.53 Å². The summed E-state index contributed by atoms with van der Waals surface area (Å²) >= 11 is 6.27. The van der Waals surface area contributed by atoms with Crippen LogP contribution in [-0.2, 0) is 17.8 Å². The molecular weight excluding hydrogens is 408 g/mol. The van der Waals surface area contributed by atoms with Crippen molar-refractivity contribution in [2.45, 2.75) is 31.8 Å². The number of hydrogen-bond donors (Lipinski definition) is 1. The molecule has 4 nitrogen and oxygen atoms in total. The zero-order valence-electron chi connectivity index (χ0n) is 17.5. The van der Waals surface area contributed by atoms with Crippen molar-refractivity contribution in [1.29, 1.82) is 0 Å². The highest BCUT2D eigenvalue weighted by atomic mass is 35.5. The Morgan fingerprint density at radius 1 is 1.00 bits per heavy atom. The Morgan fingerprint density at radius 2 is 1.71 bits per heavy atom. The van der Waals surface area contributed by atoms with Crippen molar-refractivity contribution >= 4 is 23.2 Å². The molecule has 1 N–H and O–H groups in total. The fourth-order valence-electron chi connectivity index (χ4n) is 3.92. The van der Waals surface area contributed by atoms with E-state index in [-0.39, 0.29) is 11.9 Å². The van der Waals surface area contributed by atoms with E-state index in [4.69, 9.17) is 16.3 Å². The van der Waals surface area contributed by atoms with Crippen LogP contribution in [0.1, 0.15) is 24.0 Å². The quantitative estimate of drug-likeness (QED) is 0.492. The Bertz CT molecular complexity index is 995. The molecule has 4 rings (SSSR count). The Kier molecular flexibility index (Phi) is 7.11. The van der Waals surface area contributed by atoms with E-state index in [0.717, 1.165) is 24.3 Å². The number of hydrogen-bond acceptors (Lipinski definition) is 3. The number of rotatable bonds is 8. The number of carbonyl (C=O) groups is 1. The minimum absolute atomic E-state index is 0.0465. The second-order valence-electron chi connectivity index (χ2n) is 7.83. The van der Waals surface area contributed by atoms with Gasteiger partial charge in [0.15, 0.2) is 0 Å². The van der Waals surface area contributed by atoms with Gasteiger partial charge in [0, 0.05) is 18.1 Å². The van der Waals surface area contributed by atoms with E-state index in [9.17, 15) is 4.79 Å². The zero-order chi connectivity index (χ0) is 21.5. The second kappa shape index (κ2) is 10.4. The first kappa shape index (κ1) is 21.3. The summed E-state index contributed by atoms with van der Waals surface area (Å²) in [6, 6.07) is 26.2. The molecule has 0 spiro atoms.